The Morgan fingerprint density at radius 3 is 2.67 bits per heavy atom. The highest BCUT2D eigenvalue weighted by Gasteiger charge is 2.25. The van der Waals surface area contributed by atoms with E-state index in [1.807, 2.05) is 11.8 Å². The standard InChI is InChI=1S/C15H20N2O3S/c1-11-4-3-9-16(10-11)15(18)12(2)21-14-7-5-13(6-8-14)17(19)20/h5-8,11-12H,3-4,9-10H2,1-2H3. The fourth-order valence-corrected chi connectivity index (χ4v) is 3.50. The highest BCUT2D eigenvalue weighted by molar-refractivity contribution is 8.00. The number of non-ortho nitro benzene ring substituents is 1. The van der Waals surface area contributed by atoms with Crippen LogP contribution in [-0.4, -0.2) is 34.1 Å². The van der Waals surface area contributed by atoms with Gasteiger partial charge in [-0.2, -0.15) is 0 Å². The molecule has 2 rings (SSSR count). The lowest BCUT2D eigenvalue weighted by molar-refractivity contribution is -0.384. The predicted octanol–water partition coefficient (Wildman–Crippen LogP) is 3.33. The Labute approximate surface area is 128 Å². The molecule has 1 aliphatic heterocycles. The molecule has 6 heteroatoms. The van der Waals surface area contributed by atoms with Crippen molar-refractivity contribution in [1.29, 1.82) is 0 Å². The van der Waals surface area contributed by atoms with Gasteiger partial charge in [-0.3, -0.25) is 14.9 Å². The van der Waals surface area contributed by atoms with Crippen molar-refractivity contribution >= 4 is 23.4 Å². The van der Waals surface area contributed by atoms with Crippen LogP contribution in [0.4, 0.5) is 5.69 Å². The van der Waals surface area contributed by atoms with Crippen LogP contribution in [0.2, 0.25) is 0 Å². The van der Waals surface area contributed by atoms with Crippen LogP contribution >= 0.6 is 11.8 Å². The number of hydrogen-bond donors (Lipinski definition) is 0. The molecule has 1 aromatic rings. The van der Waals surface area contributed by atoms with Crippen LogP contribution < -0.4 is 0 Å². The molecule has 21 heavy (non-hydrogen) atoms. The van der Waals surface area contributed by atoms with Crippen molar-refractivity contribution < 1.29 is 9.72 Å². The summed E-state index contributed by atoms with van der Waals surface area (Å²) in [5.74, 6) is 0.726. The Bertz CT molecular complexity index is 518. The fourth-order valence-electron chi connectivity index (χ4n) is 2.55. The zero-order chi connectivity index (χ0) is 15.4. The molecule has 0 aliphatic carbocycles. The third-order valence-electron chi connectivity index (χ3n) is 3.68. The van der Waals surface area contributed by atoms with Gasteiger partial charge in [0.05, 0.1) is 10.2 Å². The smallest absolute Gasteiger partial charge is 0.269 e. The van der Waals surface area contributed by atoms with E-state index in [0.29, 0.717) is 5.92 Å². The van der Waals surface area contributed by atoms with Crippen molar-refractivity contribution in [3.63, 3.8) is 0 Å². The van der Waals surface area contributed by atoms with Gasteiger partial charge in [0.1, 0.15) is 0 Å². The number of likely N-dealkylation sites (tertiary alicyclic amines) is 1. The topological polar surface area (TPSA) is 63.5 Å². The summed E-state index contributed by atoms with van der Waals surface area (Å²) in [6.07, 6.45) is 2.26. The van der Waals surface area contributed by atoms with E-state index in [4.69, 9.17) is 0 Å². The number of piperidine rings is 1. The Balaban J connectivity index is 1.95. The first-order chi connectivity index (χ1) is 9.97. The molecular formula is C15H20N2O3S. The summed E-state index contributed by atoms with van der Waals surface area (Å²) in [6.45, 7) is 5.75. The lowest BCUT2D eigenvalue weighted by atomic mass is 10.0. The molecule has 1 fully saturated rings. The largest absolute Gasteiger partial charge is 0.341 e. The number of benzene rings is 1. The Hall–Kier alpha value is -1.56. The zero-order valence-corrected chi connectivity index (χ0v) is 13.1. The van der Waals surface area contributed by atoms with Crippen LogP contribution in [0.3, 0.4) is 0 Å². The maximum atomic E-state index is 12.4. The lowest BCUT2D eigenvalue weighted by Crippen LogP contribution is -2.42. The molecule has 0 radical (unpaired) electrons. The maximum Gasteiger partial charge on any atom is 0.269 e. The van der Waals surface area contributed by atoms with E-state index in [9.17, 15) is 14.9 Å². The van der Waals surface area contributed by atoms with Crippen LogP contribution in [0.15, 0.2) is 29.2 Å². The minimum absolute atomic E-state index is 0.0724. The summed E-state index contributed by atoms with van der Waals surface area (Å²) in [6, 6.07) is 6.35. The molecule has 0 spiro atoms. The van der Waals surface area contributed by atoms with Gasteiger partial charge < -0.3 is 4.90 Å². The summed E-state index contributed by atoms with van der Waals surface area (Å²) >= 11 is 1.45. The average Bonchev–Trinajstić information content (AvgIpc) is 2.47. The quantitative estimate of drug-likeness (QED) is 0.486. The van der Waals surface area contributed by atoms with Crippen molar-refractivity contribution in [2.24, 2.45) is 5.92 Å². The van der Waals surface area contributed by atoms with Gasteiger partial charge >= 0.3 is 0 Å². The second-order valence-electron chi connectivity index (χ2n) is 5.54. The molecule has 1 aliphatic rings. The highest BCUT2D eigenvalue weighted by atomic mass is 32.2. The zero-order valence-electron chi connectivity index (χ0n) is 12.3. The van der Waals surface area contributed by atoms with Gasteiger partial charge in [0.2, 0.25) is 5.91 Å². The first kappa shape index (κ1) is 15.8. The molecule has 1 saturated heterocycles. The number of carbonyl (C=O) groups is 1. The van der Waals surface area contributed by atoms with E-state index < -0.39 is 4.92 Å². The first-order valence-electron chi connectivity index (χ1n) is 7.17. The number of rotatable bonds is 4. The molecule has 2 atom stereocenters. The van der Waals surface area contributed by atoms with Gasteiger partial charge in [-0.25, -0.2) is 0 Å². The van der Waals surface area contributed by atoms with Gasteiger partial charge in [-0.05, 0) is 37.8 Å². The molecule has 2 unspecified atom stereocenters. The molecule has 0 N–H and O–H groups in total. The van der Waals surface area contributed by atoms with Gasteiger partial charge in [-0.1, -0.05) is 6.92 Å². The van der Waals surface area contributed by atoms with Gasteiger partial charge in [-0.15, -0.1) is 11.8 Å². The second kappa shape index (κ2) is 6.93. The van der Waals surface area contributed by atoms with Crippen molar-refractivity contribution in [2.75, 3.05) is 13.1 Å². The van der Waals surface area contributed by atoms with Crippen molar-refractivity contribution in [3.8, 4) is 0 Å². The van der Waals surface area contributed by atoms with E-state index in [1.54, 1.807) is 12.1 Å². The molecule has 114 valence electrons. The van der Waals surface area contributed by atoms with Crippen LogP contribution in [-0.2, 0) is 4.79 Å². The third-order valence-corrected chi connectivity index (χ3v) is 4.78. The minimum atomic E-state index is -0.419. The normalized spacial score (nSPS) is 20.1. The Kier molecular flexibility index (Phi) is 5.22. The predicted molar refractivity (Wildman–Crippen MR) is 83.4 cm³/mol. The van der Waals surface area contributed by atoms with Crippen LogP contribution in [0.1, 0.15) is 26.7 Å². The maximum absolute atomic E-state index is 12.4. The summed E-state index contributed by atoms with van der Waals surface area (Å²) < 4.78 is 0. The van der Waals surface area contributed by atoms with Crippen LogP contribution in [0.5, 0.6) is 0 Å². The van der Waals surface area contributed by atoms with Crippen molar-refractivity contribution in [1.82, 2.24) is 4.90 Å². The van der Waals surface area contributed by atoms with Crippen molar-refractivity contribution in [2.45, 2.75) is 36.8 Å². The van der Waals surface area contributed by atoms with Gasteiger partial charge in [0, 0.05) is 30.1 Å². The van der Waals surface area contributed by atoms with Crippen LogP contribution in [0.25, 0.3) is 0 Å². The number of thioether (sulfide) groups is 1. The molecule has 0 saturated carbocycles. The summed E-state index contributed by atoms with van der Waals surface area (Å²) in [5, 5.41) is 10.4. The summed E-state index contributed by atoms with van der Waals surface area (Å²) in [4.78, 5) is 25.4. The second-order valence-corrected chi connectivity index (χ2v) is 6.96. The number of amides is 1. The van der Waals surface area contributed by atoms with Gasteiger partial charge in [0.25, 0.3) is 5.69 Å². The van der Waals surface area contributed by atoms with E-state index in [-0.39, 0.29) is 16.8 Å². The molecule has 0 aromatic heterocycles. The van der Waals surface area contributed by atoms with Gasteiger partial charge in [0.15, 0.2) is 0 Å². The van der Waals surface area contributed by atoms with E-state index >= 15 is 0 Å². The molecule has 5 nitrogen and oxygen atoms in total. The van der Waals surface area contributed by atoms with Crippen molar-refractivity contribution in [3.05, 3.63) is 34.4 Å². The number of carbonyl (C=O) groups excluding carboxylic acids is 1. The Morgan fingerprint density at radius 1 is 1.43 bits per heavy atom. The first-order valence-corrected chi connectivity index (χ1v) is 8.05. The molecule has 1 amide bonds. The third kappa shape index (κ3) is 4.20. The molecule has 1 aromatic carbocycles. The van der Waals surface area contributed by atoms with E-state index in [1.165, 1.54) is 30.3 Å². The van der Waals surface area contributed by atoms with Crippen LogP contribution in [0, 0.1) is 16.0 Å². The molecule has 0 bridgehead atoms. The number of nitro benzene ring substituents is 1. The monoisotopic (exact) mass is 308 g/mol. The summed E-state index contributed by atoms with van der Waals surface area (Å²) in [5.41, 5.74) is 0.0724. The SMILES string of the molecule is CC1CCCN(C(=O)C(C)Sc2ccc([N+](=O)[O-])cc2)C1. The number of nitrogens with zero attached hydrogens (tertiary/aromatic N) is 2. The summed E-state index contributed by atoms with van der Waals surface area (Å²) in [7, 11) is 0. The molecular weight excluding hydrogens is 288 g/mol. The Morgan fingerprint density at radius 2 is 2.10 bits per heavy atom. The lowest BCUT2D eigenvalue weighted by Gasteiger charge is -2.32. The fraction of sp³-hybridized carbons (Fsp3) is 0.533. The number of hydrogen-bond acceptors (Lipinski definition) is 4. The molecule has 1 heterocycles. The van der Waals surface area contributed by atoms with E-state index in [0.717, 1.165) is 24.4 Å². The average molecular weight is 308 g/mol. The minimum Gasteiger partial charge on any atom is -0.341 e. The number of nitro groups is 1. The highest BCUT2D eigenvalue weighted by Crippen LogP contribution is 2.27. The van der Waals surface area contributed by atoms with E-state index in [2.05, 4.69) is 6.92 Å².